The van der Waals surface area contributed by atoms with Crippen LogP contribution < -0.4 is 4.72 Å². The molecule has 0 aromatic rings. The highest BCUT2D eigenvalue weighted by Crippen LogP contribution is 2.36. The summed E-state index contributed by atoms with van der Waals surface area (Å²) in [6, 6.07) is 0. The Morgan fingerprint density at radius 2 is 2.25 bits per heavy atom. The van der Waals surface area contributed by atoms with Crippen molar-refractivity contribution >= 4 is 18.6 Å². The Kier molecular flexibility index (Phi) is 1.33. The Labute approximate surface area is 54.2 Å². The Morgan fingerprint density at radius 3 is 2.25 bits per heavy atom. The van der Waals surface area contributed by atoms with E-state index in [1.165, 1.54) is 0 Å². The minimum atomic E-state index is -0.233. The van der Waals surface area contributed by atoms with E-state index in [1.54, 1.807) is 6.92 Å². The highest BCUT2D eigenvalue weighted by molar-refractivity contribution is 7.78. The molecule has 3 heteroatoms. The predicted octanol–water partition coefficient (Wildman–Crippen LogP) is 0.542. The molecule has 0 saturated heterocycles. The molecular formula is C5H9NOS. The number of hydrogen-bond acceptors (Lipinski definition) is 3. The van der Waals surface area contributed by atoms with Crippen molar-refractivity contribution in [3.63, 3.8) is 0 Å². The van der Waals surface area contributed by atoms with Crippen LogP contribution in [-0.4, -0.2) is 11.3 Å². The minimum Gasteiger partial charge on any atom is -0.298 e. The first-order valence-corrected chi connectivity index (χ1v) is 3.08. The highest BCUT2D eigenvalue weighted by Gasteiger charge is 2.46. The second-order valence-corrected chi connectivity index (χ2v) is 2.47. The van der Waals surface area contributed by atoms with E-state index in [0.717, 1.165) is 12.8 Å². The summed E-state index contributed by atoms with van der Waals surface area (Å²) in [4.78, 5) is 10.6. The number of ketones is 1. The lowest BCUT2D eigenvalue weighted by Crippen LogP contribution is -2.30. The molecule has 1 aliphatic carbocycles. The highest BCUT2D eigenvalue weighted by atomic mass is 32.1. The van der Waals surface area contributed by atoms with Crippen LogP contribution in [0.2, 0.25) is 0 Å². The van der Waals surface area contributed by atoms with Crippen LogP contribution in [0.5, 0.6) is 0 Å². The monoisotopic (exact) mass is 131 g/mol. The van der Waals surface area contributed by atoms with Crippen molar-refractivity contribution in [2.24, 2.45) is 0 Å². The van der Waals surface area contributed by atoms with Gasteiger partial charge in [0.05, 0.1) is 5.54 Å². The average molecular weight is 131 g/mol. The molecule has 0 spiro atoms. The average Bonchev–Trinajstić information content (AvgIpc) is 2.44. The van der Waals surface area contributed by atoms with Crippen molar-refractivity contribution in [3.8, 4) is 0 Å². The molecule has 2 nitrogen and oxygen atoms in total. The fourth-order valence-corrected chi connectivity index (χ4v) is 1.05. The van der Waals surface area contributed by atoms with Crippen LogP contribution in [-0.2, 0) is 4.79 Å². The zero-order chi connectivity index (χ0) is 6.20. The number of Topliss-reactive ketones (excluding diaryl/α,β-unsaturated/α-hetero) is 1. The number of rotatable bonds is 2. The molecule has 1 aliphatic rings. The Morgan fingerprint density at radius 1 is 1.75 bits per heavy atom. The maximum Gasteiger partial charge on any atom is 0.150 e. The zero-order valence-corrected chi connectivity index (χ0v) is 5.66. The van der Waals surface area contributed by atoms with Crippen molar-refractivity contribution in [1.82, 2.24) is 4.72 Å². The minimum absolute atomic E-state index is 0.201. The van der Waals surface area contributed by atoms with E-state index in [9.17, 15) is 4.79 Å². The van der Waals surface area contributed by atoms with Gasteiger partial charge in [0.1, 0.15) is 0 Å². The van der Waals surface area contributed by atoms with E-state index in [4.69, 9.17) is 0 Å². The first-order valence-electron chi connectivity index (χ1n) is 2.63. The largest absolute Gasteiger partial charge is 0.298 e. The van der Waals surface area contributed by atoms with Crippen LogP contribution in [0.25, 0.3) is 0 Å². The molecule has 0 unspecified atom stereocenters. The molecule has 0 amide bonds. The van der Waals surface area contributed by atoms with E-state index < -0.39 is 0 Å². The van der Waals surface area contributed by atoms with Gasteiger partial charge in [-0.2, -0.15) is 0 Å². The van der Waals surface area contributed by atoms with E-state index in [1.807, 2.05) is 0 Å². The molecule has 0 aromatic carbocycles. The fourth-order valence-electron chi connectivity index (χ4n) is 0.668. The molecule has 0 heterocycles. The maximum atomic E-state index is 10.6. The van der Waals surface area contributed by atoms with E-state index in [0.29, 0.717) is 0 Å². The summed E-state index contributed by atoms with van der Waals surface area (Å²) in [5.41, 5.74) is -0.233. The topological polar surface area (TPSA) is 29.1 Å². The van der Waals surface area contributed by atoms with Crippen LogP contribution in [0.3, 0.4) is 0 Å². The molecule has 0 aromatic heterocycles. The lowest BCUT2D eigenvalue weighted by Gasteiger charge is -2.05. The van der Waals surface area contributed by atoms with Crippen molar-refractivity contribution in [2.45, 2.75) is 25.3 Å². The number of hydrogen-bond donors (Lipinski definition) is 2. The summed E-state index contributed by atoms with van der Waals surface area (Å²) in [6.07, 6.45) is 1.90. The Balaban J connectivity index is 2.53. The molecule has 1 saturated carbocycles. The standard InChI is InChI=1S/C5H9NOS/c1-4(7)5(6-8)2-3-5/h6,8H,2-3H2,1H3. The molecule has 1 fully saturated rings. The molecule has 0 bridgehead atoms. The van der Waals surface area contributed by atoms with Gasteiger partial charge in [0.25, 0.3) is 0 Å². The van der Waals surface area contributed by atoms with Gasteiger partial charge in [-0.15, -0.1) is 0 Å². The van der Waals surface area contributed by atoms with Crippen LogP contribution in [0.1, 0.15) is 19.8 Å². The molecule has 1 N–H and O–H groups in total. The van der Waals surface area contributed by atoms with Gasteiger partial charge in [-0.3, -0.25) is 9.52 Å². The first kappa shape index (κ1) is 6.11. The van der Waals surface area contributed by atoms with Crippen molar-refractivity contribution < 1.29 is 4.79 Å². The van der Waals surface area contributed by atoms with Crippen molar-refractivity contribution in [1.29, 1.82) is 0 Å². The summed E-state index contributed by atoms with van der Waals surface area (Å²) in [7, 11) is 0. The zero-order valence-electron chi connectivity index (χ0n) is 4.77. The summed E-state index contributed by atoms with van der Waals surface area (Å²) in [5.74, 6) is 0.201. The van der Waals surface area contributed by atoms with Gasteiger partial charge in [0.2, 0.25) is 0 Å². The molecular weight excluding hydrogens is 122 g/mol. The van der Waals surface area contributed by atoms with Gasteiger partial charge in [-0.05, 0) is 19.8 Å². The first-order chi connectivity index (χ1) is 3.71. The molecule has 0 atom stereocenters. The molecule has 1 rings (SSSR count). The van der Waals surface area contributed by atoms with Crippen LogP contribution in [0.15, 0.2) is 0 Å². The van der Waals surface area contributed by atoms with E-state index >= 15 is 0 Å². The number of carbonyl (C=O) groups is 1. The predicted molar refractivity (Wildman–Crippen MR) is 34.8 cm³/mol. The van der Waals surface area contributed by atoms with Gasteiger partial charge in [0.15, 0.2) is 5.78 Å². The summed E-state index contributed by atoms with van der Waals surface area (Å²) < 4.78 is 2.70. The van der Waals surface area contributed by atoms with Gasteiger partial charge < -0.3 is 0 Å². The van der Waals surface area contributed by atoms with Gasteiger partial charge in [0, 0.05) is 0 Å². The second kappa shape index (κ2) is 1.74. The smallest absolute Gasteiger partial charge is 0.150 e. The summed E-state index contributed by atoms with van der Waals surface area (Å²) in [5, 5.41) is 0. The maximum absolute atomic E-state index is 10.6. The third-order valence-electron chi connectivity index (χ3n) is 1.64. The second-order valence-electron chi connectivity index (χ2n) is 2.25. The SMILES string of the molecule is CC(=O)C1(NS)CC1. The van der Waals surface area contributed by atoms with Crippen LogP contribution in [0.4, 0.5) is 0 Å². The summed E-state index contributed by atoms with van der Waals surface area (Å²) in [6.45, 7) is 1.59. The summed E-state index contributed by atoms with van der Waals surface area (Å²) >= 11 is 3.83. The fraction of sp³-hybridized carbons (Fsp3) is 0.800. The van der Waals surface area contributed by atoms with Crippen LogP contribution >= 0.6 is 12.8 Å². The van der Waals surface area contributed by atoms with E-state index in [-0.39, 0.29) is 11.3 Å². The molecule has 46 valence electrons. The van der Waals surface area contributed by atoms with Crippen LogP contribution in [0, 0.1) is 0 Å². The number of thiol groups is 1. The lowest BCUT2D eigenvalue weighted by molar-refractivity contribution is -0.119. The van der Waals surface area contributed by atoms with Gasteiger partial charge >= 0.3 is 0 Å². The van der Waals surface area contributed by atoms with Gasteiger partial charge in [-0.25, -0.2) is 0 Å². The molecule has 0 aliphatic heterocycles. The van der Waals surface area contributed by atoms with Crippen molar-refractivity contribution in [3.05, 3.63) is 0 Å². The molecule has 8 heavy (non-hydrogen) atoms. The quantitative estimate of drug-likeness (QED) is 0.536. The van der Waals surface area contributed by atoms with Gasteiger partial charge in [-0.1, -0.05) is 12.8 Å². The number of carbonyl (C=O) groups excluding carboxylic acids is 1. The Bertz CT molecular complexity index is 120. The number of nitrogens with one attached hydrogen (secondary N) is 1. The van der Waals surface area contributed by atoms with Crippen molar-refractivity contribution in [2.75, 3.05) is 0 Å². The molecule has 0 radical (unpaired) electrons. The third kappa shape index (κ3) is 0.759. The Hall–Kier alpha value is -0.0200. The third-order valence-corrected chi connectivity index (χ3v) is 2.07. The lowest BCUT2D eigenvalue weighted by atomic mass is 10.2. The van der Waals surface area contributed by atoms with E-state index in [2.05, 4.69) is 17.5 Å². The normalized spacial score (nSPS) is 22.8.